The van der Waals surface area contributed by atoms with E-state index in [0.717, 1.165) is 48.0 Å². The number of rotatable bonds is 11. The summed E-state index contributed by atoms with van der Waals surface area (Å²) < 4.78 is 47.7. The van der Waals surface area contributed by atoms with E-state index in [1.165, 1.54) is 12.1 Å². The van der Waals surface area contributed by atoms with E-state index in [1.807, 2.05) is 0 Å². The van der Waals surface area contributed by atoms with Crippen LogP contribution in [-0.4, -0.2) is 68.1 Å². The number of hydrogen-bond acceptors (Lipinski definition) is 6. The topological polar surface area (TPSA) is 91.0 Å². The van der Waals surface area contributed by atoms with Gasteiger partial charge in [-0.1, -0.05) is 11.6 Å². The molecule has 1 aromatic heterocycles. The summed E-state index contributed by atoms with van der Waals surface area (Å²) in [7, 11) is 0. The Kier molecular flexibility index (Phi) is 8.69. The Morgan fingerprint density at radius 1 is 1.12 bits per heavy atom. The number of alkyl halides is 3. The molecule has 2 saturated carbocycles. The molecular formula is C27H30ClF3N4O4S. The highest BCUT2D eigenvalue weighted by atomic mass is 35.5. The third kappa shape index (κ3) is 7.34. The Labute approximate surface area is 238 Å². The standard InChI is InChI=1S/C27H30ClF3N4O4S/c28-23-8-7-22(40-23)26(38)32-12-21(34(13-16-1-2-16)14-17-3-4-17)25(37)33-18-5-6-20(19(11-18)27(29,30)31)35-9-10-39-15-24(35)36/h5-8,11,16-17,21H,1-4,9-10,12-15H2,(H,32,38)(H,33,37)/t21-/m0/s1. The first-order valence-electron chi connectivity index (χ1n) is 13.3. The van der Waals surface area contributed by atoms with E-state index in [0.29, 0.717) is 34.1 Å². The van der Waals surface area contributed by atoms with E-state index in [-0.39, 0.29) is 43.6 Å². The van der Waals surface area contributed by atoms with E-state index in [9.17, 15) is 27.6 Å². The number of carbonyl (C=O) groups is 3. The molecule has 0 unspecified atom stereocenters. The van der Waals surface area contributed by atoms with Crippen LogP contribution in [0.25, 0.3) is 0 Å². The molecule has 2 aliphatic carbocycles. The molecule has 40 heavy (non-hydrogen) atoms. The molecule has 1 atom stereocenters. The van der Waals surface area contributed by atoms with Crippen LogP contribution < -0.4 is 15.5 Å². The molecule has 0 spiro atoms. The Hall–Kier alpha value is -2.67. The van der Waals surface area contributed by atoms with Gasteiger partial charge in [0.1, 0.15) is 12.6 Å². The zero-order valence-electron chi connectivity index (χ0n) is 21.6. The first kappa shape index (κ1) is 28.8. The van der Waals surface area contributed by atoms with Gasteiger partial charge < -0.3 is 20.3 Å². The lowest BCUT2D eigenvalue weighted by Crippen LogP contribution is -2.52. The lowest BCUT2D eigenvalue weighted by Gasteiger charge is -2.32. The predicted molar refractivity (Wildman–Crippen MR) is 146 cm³/mol. The molecule has 1 saturated heterocycles. The van der Waals surface area contributed by atoms with Gasteiger partial charge in [-0.15, -0.1) is 11.3 Å². The summed E-state index contributed by atoms with van der Waals surface area (Å²) in [5.74, 6) is -0.515. The van der Waals surface area contributed by atoms with Gasteiger partial charge in [-0.25, -0.2) is 0 Å². The van der Waals surface area contributed by atoms with Gasteiger partial charge in [-0.05, 0) is 67.9 Å². The van der Waals surface area contributed by atoms with E-state index >= 15 is 0 Å². The van der Waals surface area contributed by atoms with Gasteiger partial charge >= 0.3 is 6.18 Å². The molecular weight excluding hydrogens is 569 g/mol. The number of ether oxygens (including phenoxy) is 1. The van der Waals surface area contributed by atoms with Gasteiger partial charge in [0.2, 0.25) is 5.91 Å². The monoisotopic (exact) mass is 598 g/mol. The minimum Gasteiger partial charge on any atom is -0.370 e. The molecule has 3 amide bonds. The Bertz CT molecular complexity index is 1250. The first-order chi connectivity index (χ1) is 19.1. The van der Waals surface area contributed by atoms with Crippen molar-refractivity contribution in [2.75, 3.05) is 49.6 Å². The minimum absolute atomic E-state index is 0.00212. The fourth-order valence-electron chi connectivity index (χ4n) is 4.77. The molecule has 8 nitrogen and oxygen atoms in total. The van der Waals surface area contributed by atoms with Gasteiger partial charge in [-0.2, -0.15) is 13.2 Å². The number of benzene rings is 1. The Balaban J connectivity index is 1.37. The average molecular weight is 599 g/mol. The number of nitrogens with one attached hydrogen (secondary N) is 2. The molecule has 5 rings (SSSR count). The van der Waals surface area contributed by atoms with Gasteiger partial charge in [0.15, 0.2) is 0 Å². The van der Waals surface area contributed by atoms with Crippen LogP contribution in [0.5, 0.6) is 0 Å². The Morgan fingerprint density at radius 3 is 2.40 bits per heavy atom. The highest BCUT2D eigenvalue weighted by Crippen LogP contribution is 2.39. The maximum absolute atomic E-state index is 14.1. The summed E-state index contributed by atoms with van der Waals surface area (Å²) in [5, 5.41) is 5.47. The predicted octanol–water partition coefficient (Wildman–Crippen LogP) is 4.64. The summed E-state index contributed by atoms with van der Waals surface area (Å²) in [6.45, 7) is 1.19. The molecule has 1 aliphatic heterocycles. The highest BCUT2D eigenvalue weighted by Gasteiger charge is 2.38. The summed E-state index contributed by atoms with van der Waals surface area (Å²) in [4.78, 5) is 42.1. The largest absolute Gasteiger partial charge is 0.418 e. The molecule has 3 aliphatic rings. The number of hydrogen-bond donors (Lipinski definition) is 2. The maximum atomic E-state index is 14.1. The third-order valence-electron chi connectivity index (χ3n) is 7.22. The molecule has 216 valence electrons. The molecule has 2 aromatic rings. The van der Waals surface area contributed by atoms with Gasteiger partial charge in [0.05, 0.1) is 27.1 Å². The zero-order chi connectivity index (χ0) is 28.4. The van der Waals surface area contributed by atoms with E-state index in [4.69, 9.17) is 16.3 Å². The lowest BCUT2D eigenvalue weighted by atomic mass is 10.1. The average Bonchev–Trinajstić information content (AvgIpc) is 3.84. The number of nitrogens with zero attached hydrogens (tertiary/aromatic N) is 2. The number of carbonyl (C=O) groups excluding carboxylic acids is 3. The van der Waals surface area contributed by atoms with E-state index in [1.54, 1.807) is 12.1 Å². The molecule has 2 heterocycles. The van der Waals surface area contributed by atoms with Gasteiger partial charge in [0.25, 0.3) is 11.8 Å². The summed E-state index contributed by atoms with van der Waals surface area (Å²) in [6, 6.07) is 5.85. The number of thiophene rings is 1. The second-order valence-electron chi connectivity index (χ2n) is 10.5. The SMILES string of the molecule is O=C(NC[C@@H](C(=O)Nc1ccc(N2CCOCC2=O)c(C(F)(F)F)c1)N(CC1CC1)CC1CC1)c1ccc(Cl)s1. The van der Waals surface area contributed by atoms with Crippen LogP contribution in [0.3, 0.4) is 0 Å². The first-order valence-corrected chi connectivity index (χ1v) is 14.5. The van der Waals surface area contributed by atoms with Crippen LogP contribution in [-0.2, 0) is 20.5 Å². The molecule has 13 heteroatoms. The molecule has 0 bridgehead atoms. The summed E-state index contributed by atoms with van der Waals surface area (Å²) in [6.07, 6.45) is -0.509. The molecule has 2 N–H and O–H groups in total. The van der Waals surface area contributed by atoms with Crippen LogP contribution >= 0.6 is 22.9 Å². The highest BCUT2D eigenvalue weighted by molar-refractivity contribution is 7.18. The van der Waals surface area contributed by atoms with Crippen LogP contribution in [0.15, 0.2) is 30.3 Å². The van der Waals surface area contributed by atoms with E-state index in [2.05, 4.69) is 15.5 Å². The second-order valence-corrected chi connectivity index (χ2v) is 12.2. The van der Waals surface area contributed by atoms with Crippen molar-refractivity contribution in [3.8, 4) is 0 Å². The van der Waals surface area contributed by atoms with E-state index < -0.39 is 29.6 Å². The second kappa shape index (κ2) is 12.1. The Morgan fingerprint density at radius 2 is 1.82 bits per heavy atom. The van der Waals surface area contributed by atoms with Crippen LogP contribution in [0.1, 0.15) is 40.9 Å². The van der Waals surface area contributed by atoms with Crippen molar-refractivity contribution >= 4 is 52.0 Å². The minimum atomic E-state index is -4.76. The summed E-state index contributed by atoms with van der Waals surface area (Å²) in [5.41, 5.74) is -1.34. The molecule has 3 fully saturated rings. The lowest BCUT2D eigenvalue weighted by molar-refractivity contribution is -0.137. The van der Waals surface area contributed by atoms with Gasteiger partial charge in [0, 0.05) is 31.9 Å². The number of morpholine rings is 1. The normalized spacial score (nSPS) is 18.6. The maximum Gasteiger partial charge on any atom is 0.418 e. The van der Waals surface area contributed by atoms with Crippen molar-refractivity contribution in [1.82, 2.24) is 10.2 Å². The quantitative estimate of drug-likeness (QED) is 0.393. The fourth-order valence-corrected chi connectivity index (χ4v) is 5.73. The van der Waals surface area contributed by atoms with Gasteiger partial charge in [-0.3, -0.25) is 19.3 Å². The smallest absolute Gasteiger partial charge is 0.370 e. The van der Waals surface area contributed by atoms with Crippen molar-refractivity contribution in [1.29, 1.82) is 0 Å². The van der Waals surface area contributed by atoms with Crippen molar-refractivity contribution in [3.63, 3.8) is 0 Å². The van der Waals surface area contributed by atoms with Crippen LogP contribution in [0.4, 0.5) is 24.5 Å². The van der Waals surface area contributed by atoms with Crippen LogP contribution in [0, 0.1) is 11.8 Å². The summed E-state index contributed by atoms with van der Waals surface area (Å²) >= 11 is 7.08. The van der Waals surface area contributed by atoms with Crippen molar-refractivity contribution in [2.24, 2.45) is 11.8 Å². The third-order valence-corrected chi connectivity index (χ3v) is 8.45. The number of halogens is 4. The van der Waals surface area contributed by atoms with Crippen molar-refractivity contribution in [3.05, 3.63) is 45.1 Å². The van der Waals surface area contributed by atoms with Crippen molar-refractivity contribution < 1.29 is 32.3 Å². The number of anilines is 2. The van der Waals surface area contributed by atoms with Crippen LogP contribution in [0.2, 0.25) is 4.34 Å². The number of amides is 3. The zero-order valence-corrected chi connectivity index (χ0v) is 23.2. The fraction of sp³-hybridized carbons (Fsp3) is 0.519. The van der Waals surface area contributed by atoms with Crippen molar-refractivity contribution in [2.45, 2.75) is 37.9 Å². The molecule has 0 radical (unpaired) electrons. The molecule has 1 aromatic carbocycles.